The van der Waals surface area contributed by atoms with Gasteiger partial charge in [0.25, 0.3) is 11.5 Å². The van der Waals surface area contributed by atoms with Crippen molar-refractivity contribution >= 4 is 46.5 Å². The fourth-order valence-corrected chi connectivity index (χ4v) is 6.77. The van der Waals surface area contributed by atoms with E-state index in [9.17, 15) is 27.6 Å². The van der Waals surface area contributed by atoms with E-state index in [-0.39, 0.29) is 40.2 Å². The summed E-state index contributed by atoms with van der Waals surface area (Å²) in [5.41, 5.74) is 1.56. The number of likely N-dealkylation sites (tertiary alicyclic amines) is 1. The third-order valence-electron chi connectivity index (χ3n) is 9.14. The third-order valence-corrected chi connectivity index (χ3v) is 9.45. The lowest BCUT2D eigenvalue weighted by atomic mass is 10.0. The summed E-state index contributed by atoms with van der Waals surface area (Å²) in [5, 5.41) is 6.85. The summed E-state index contributed by atoms with van der Waals surface area (Å²) in [7, 11) is 1.45. The maximum Gasteiger partial charge on any atom is 0.416 e. The molecule has 0 radical (unpaired) electrons. The van der Waals surface area contributed by atoms with Crippen molar-refractivity contribution in [2.75, 3.05) is 32.2 Å². The lowest BCUT2D eigenvalue weighted by molar-refractivity contribution is -0.137. The van der Waals surface area contributed by atoms with Crippen LogP contribution in [0.3, 0.4) is 0 Å². The number of ether oxygens (including phenoxy) is 2. The molecule has 1 fully saturated rings. The maximum atomic E-state index is 14.2. The minimum atomic E-state index is -4.61. The molecule has 2 amide bonds. The van der Waals surface area contributed by atoms with E-state index in [0.29, 0.717) is 67.8 Å². The van der Waals surface area contributed by atoms with Gasteiger partial charge >= 0.3 is 6.18 Å². The Kier molecular flexibility index (Phi) is 10.2. The van der Waals surface area contributed by atoms with Crippen molar-refractivity contribution in [2.24, 2.45) is 0 Å². The molecule has 52 heavy (non-hydrogen) atoms. The highest BCUT2D eigenvalue weighted by Gasteiger charge is 2.34. The Morgan fingerprint density at radius 2 is 1.94 bits per heavy atom. The highest BCUT2D eigenvalue weighted by Crippen LogP contribution is 2.34. The molecule has 0 saturated carbocycles. The van der Waals surface area contributed by atoms with Crippen LogP contribution in [0.15, 0.2) is 34.6 Å². The summed E-state index contributed by atoms with van der Waals surface area (Å²) in [5.74, 6) is 0.179. The Morgan fingerprint density at radius 1 is 1.17 bits per heavy atom. The first-order chi connectivity index (χ1) is 24.7. The highest BCUT2D eigenvalue weighted by atomic mass is 35.5. The molecule has 0 spiro atoms. The van der Waals surface area contributed by atoms with Crippen LogP contribution in [0.2, 0.25) is 5.02 Å². The number of benzene rings is 1. The molecule has 2 aliphatic rings. The minimum Gasteiger partial charge on any atom is -0.492 e. The first kappa shape index (κ1) is 36.7. The second-order valence-corrected chi connectivity index (χ2v) is 12.8. The normalized spacial score (nSPS) is 17.2. The summed E-state index contributed by atoms with van der Waals surface area (Å²) in [6.07, 6.45) is 0.238. The number of rotatable bonds is 8. The monoisotopic (exact) mass is 740 g/mol. The second-order valence-electron chi connectivity index (χ2n) is 12.4. The van der Waals surface area contributed by atoms with Crippen molar-refractivity contribution in [1.29, 1.82) is 0 Å². The van der Waals surface area contributed by atoms with Crippen LogP contribution in [0, 0.1) is 13.8 Å². The molecule has 17 heteroatoms. The lowest BCUT2D eigenvalue weighted by Gasteiger charge is -2.23. The molecule has 274 valence electrons. The van der Waals surface area contributed by atoms with Gasteiger partial charge in [-0.15, -0.1) is 5.10 Å². The second kappa shape index (κ2) is 14.5. The summed E-state index contributed by atoms with van der Waals surface area (Å²) in [4.78, 5) is 56.5. The van der Waals surface area contributed by atoms with Crippen molar-refractivity contribution in [3.63, 3.8) is 0 Å². The standard InChI is InChI=1S/C35H36ClF3N8O5/c1-6-27-24(15-22-9-12-45(19(22)3)33(50)29-30(51-5)18(2)40-20(4)41-29)32(49)47-34(43-31(44-47)21-10-13-52-14-11-21)46(27)17-28(48)42-26-8-7-23(16-25(26)36)35(37,38)39/h7-8,10,15-16,19H,6,9,11-14,17H2,1-5H3,(H,42,48)/b22-15+/t19-/m1/s1. The van der Waals surface area contributed by atoms with E-state index in [1.165, 1.54) is 7.11 Å². The van der Waals surface area contributed by atoms with E-state index in [0.717, 1.165) is 33.9 Å². The van der Waals surface area contributed by atoms with Gasteiger partial charge in [-0.1, -0.05) is 24.6 Å². The first-order valence-electron chi connectivity index (χ1n) is 16.6. The van der Waals surface area contributed by atoms with Gasteiger partial charge in [0.1, 0.15) is 12.4 Å². The van der Waals surface area contributed by atoms with Gasteiger partial charge in [0.2, 0.25) is 11.7 Å². The average molecular weight is 741 g/mol. The topological polar surface area (TPSA) is 146 Å². The highest BCUT2D eigenvalue weighted by molar-refractivity contribution is 6.33. The fraction of sp³-hybridized carbons (Fsp3) is 0.400. The van der Waals surface area contributed by atoms with E-state index in [4.69, 9.17) is 21.1 Å². The number of nitrogens with one attached hydrogen (secondary N) is 1. The van der Waals surface area contributed by atoms with Gasteiger partial charge < -0.3 is 24.3 Å². The number of anilines is 1. The van der Waals surface area contributed by atoms with Crippen molar-refractivity contribution in [1.82, 2.24) is 34.0 Å². The number of aryl methyl sites for hydroxylation is 2. The first-order valence-corrected chi connectivity index (χ1v) is 17.0. The molecule has 13 nitrogen and oxygen atoms in total. The third kappa shape index (κ3) is 7.04. The number of carbonyl (C=O) groups excluding carboxylic acids is 2. The molecule has 2 aliphatic heterocycles. The quantitative estimate of drug-likeness (QED) is 0.254. The number of amides is 2. The summed E-state index contributed by atoms with van der Waals surface area (Å²) >= 11 is 6.13. The SMILES string of the molecule is CCc1c(/C=C2\CCN(C(=O)c3nc(C)nc(C)c3OC)[C@@H]2C)c(=O)n2nc(C3=CCOCC3)nc2n1CC(=O)Nc1ccc(C(F)(F)F)cc1Cl. The molecular formula is C35H36ClF3N8O5. The predicted octanol–water partition coefficient (Wildman–Crippen LogP) is 5.30. The number of carbonyl (C=O) groups is 2. The number of methoxy groups -OCH3 is 1. The van der Waals surface area contributed by atoms with Crippen LogP contribution in [0.25, 0.3) is 17.4 Å². The zero-order valence-electron chi connectivity index (χ0n) is 29.1. The number of fused-ring (bicyclic) bond motifs is 1. The molecule has 6 rings (SSSR count). The summed E-state index contributed by atoms with van der Waals surface area (Å²) < 4.78 is 53.3. The Balaban J connectivity index is 1.41. The Bertz CT molecular complexity index is 2210. The molecule has 3 aromatic heterocycles. The van der Waals surface area contributed by atoms with Crippen LogP contribution in [0.5, 0.6) is 5.75 Å². The summed E-state index contributed by atoms with van der Waals surface area (Å²) in [6.45, 7) is 7.92. The molecule has 1 aromatic carbocycles. The van der Waals surface area contributed by atoms with E-state index in [1.54, 1.807) is 29.4 Å². The molecule has 1 atom stereocenters. The lowest BCUT2D eigenvalue weighted by Crippen LogP contribution is -2.35. The van der Waals surface area contributed by atoms with Crippen molar-refractivity contribution < 1.29 is 32.2 Å². The number of alkyl halides is 3. The van der Waals surface area contributed by atoms with Crippen molar-refractivity contribution in [3.05, 3.63) is 85.1 Å². The van der Waals surface area contributed by atoms with Crippen LogP contribution >= 0.6 is 11.6 Å². The van der Waals surface area contributed by atoms with Gasteiger partial charge in [-0.25, -0.2) is 9.97 Å². The molecule has 0 aliphatic carbocycles. The molecule has 4 aromatic rings. The number of halogens is 4. The average Bonchev–Trinajstić information content (AvgIpc) is 3.71. The summed E-state index contributed by atoms with van der Waals surface area (Å²) in [6, 6.07) is 2.22. The van der Waals surface area contributed by atoms with Gasteiger partial charge in [-0.3, -0.25) is 14.4 Å². The minimum absolute atomic E-state index is 0.0121. The number of hydrogen-bond acceptors (Lipinski definition) is 9. The van der Waals surface area contributed by atoms with E-state index in [2.05, 4.69) is 25.4 Å². The molecule has 1 N–H and O–H groups in total. The number of aromatic nitrogens is 6. The largest absolute Gasteiger partial charge is 0.492 e. The maximum absolute atomic E-state index is 14.2. The Morgan fingerprint density at radius 3 is 2.60 bits per heavy atom. The Hall–Kier alpha value is -5.09. The predicted molar refractivity (Wildman–Crippen MR) is 186 cm³/mol. The molecular weight excluding hydrogens is 705 g/mol. The van der Waals surface area contributed by atoms with Gasteiger partial charge in [-0.2, -0.15) is 22.7 Å². The van der Waals surface area contributed by atoms with Crippen LogP contribution in [-0.4, -0.2) is 78.8 Å². The van der Waals surface area contributed by atoms with Crippen LogP contribution in [-0.2, 0) is 28.7 Å². The van der Waals surface area contributed by atoms with Gasteiger partial charge in [0.05, 0.1) is 53.9 Å². The van der Waals surface area contributed by atoms with E-state index >= 15 is 0 Å². The number of nitrogens with zero attached hydrogens (tertiary/aromatic N) is 7. The zero-order valence-corrected chi connectivity index (χ0v) is 29.9. The van der Waals surface area contributed by atoms with Crippen LogP contribution in [0.4, 0.5) is 18.9 Å². The molecule has 1 saturated heterocycles. The smallest absolute Gasteiger partial charge is 0.416 e. The van der Waals surface area contributed by atoms with Gasteiger partial charge in [0.15, 0.2) is 17.3 Å². The van der Waals surface area contributed by atoms with Gasteiger partial charge in [-0.05, 0) is 75.5 Å². The van der Waals surface area contributed by atoms with E-state index < -0.39 is 29.2 Å². The van der Waals surface area contributed by atoms with E-state index in [1.807, 2.05) is 19.9 Å². The molecule has 0 bridgehead atoms. The van der Waals surface area contributed by atoms with Crippen LogP contribution < -0.4 is 15.6 Å². The van der Waals surface area contributed by atoms with Gasteiger partial charge in [0, 0.05) is 12.2 Å². The zero-order chi connectivity index (χ0) is 37.5. The van der Waals surface area contributed by atoms with Crippen molar-refractivity contribution in [3.8, 4) is 5.75 Å². The molecule has 0 unspecified atom stereocenters. The molecule has 5 heterocycles. The van der Waals surface area contributed by atoms with Crippen LogP contribution in [0.1, 0.15) is 71.3 Å². The number of hydrogen-bond donors (Lipinski definition) is 1. The van der Waals surface area contributed by atoms with Crippen molar-refractivity contribution in [2.45, 2.75) is 65.7 Å². The Labute approximate surface area is 301 Å². The fourth-order valence-electron chi connectivity index (χ4n) is 6.54.